The molecule has 110 valence electrons. The fourth-order valence-electron chi connectivity index (χ4n) is 3.18. The van der Waals surface area contributed by atoms with E-state index < -0.39 is 0 Å². The second-order valence-corrected chi connectivity index (χ2v) is 5.53. The maximum absolute atomic E-state index is 11.5. The van der Waals surface area contributed by atoms with Gasteiger partial charge in [0.25, 0.3) is 0 Å². The van der Waals surface area contributed by atoms with Crippen LogP contribution in [-0.4, -0.2) is 19.6 Å². The molecule has 4 heteroatoms. The lowest BCUT2D eigenvalue weighted by Crippen LogP contribution is -2.47. The minimum absolute atomic E-state index is 0.253. The minimum atomic E-state index is -0.304. The molecular formula is C16H24N2O2. The van der Waals surface area contributed by atoms with E-state index in [0.717, 1.165) is 38.0 Å². The summed E-state index contributed by atoms with van der Waals surface area (Å²) in [5.41, 5.74) is 7.66. The van der Waals surface area contributed by atoms with Crippen LogP contribution in [0.25, 0.3) is 0 Å². The zero-order valence-electron chi connectivity index (χ0n) is 12.4. The van der Waals surface area contributed by atoms with Crippen molar-refractivity contribution in [3.63, 3.8) is 0 Å². The molecule has 0 spiro atoms. The van der Waals surface area contributed by atoms with Gasteiger partial charge in [-0.25, -0.2) is 0 Å². The fraction of sp³-hybridized carbons (Fsp3) is 0.562. The van der Waals surface area contributed by atoms with Gasteiger partial charge in [0, 0.05) is 6.42 Å². The second kappa shape index (κ2) is 6.27. The lowest BCUT2D eigenvalue weighted by molar-refractivity contribution is -0.119. The first kappa shape index (κ1) is 14.9. The number of rotatable bonds is 6. The van der Waals surface area contributed by atoms with E-state index in [1.165, 1.54) is 11.1 Å². The Morgan fingerprint density at radius 2 is 2.30 bits per heavy atom. The lowest BCUT2D eigenvalue weighted by atomic mass is 9.74. The number of aryl methyl sites for hydroxylation is 1. The zero-order chi connectivity index (χ0) is 14.6. The number of primary amides is 1. The van der Waals surface area contributed by atoms with Crippen LogP contribution in [-0.2, 0) is 16.8 Å². The van der Waals surface area contributed by atoms with Crippen molar-refractivity contribution >= 4 is 5.91 Å². The number of nitrogens with one attached hydrogen (secondary N) is 1. The molecule has 0 aromatic heterocycles. The Kier molecular flexibility index (Phi) is 4.65. The number of nitrogens with two attached hydrogens (primary N) is 1. The molecule has 1 amide bonds. The molecule has 0 radical (unpaired) electrons. The number of benzene rings is 1. The Morgan fingerprint density at radius 1 is 1.50 bits per heavy atom. The monoisotopic (exact) mass is 276 g/mol. The smallest absolute Gasteiger partial charge is 0.219 e. The van der Waals surface area contributed by atoms with Crippen molar-refractivity contribution in [2.45, 2.75) is 44.6 Å². The van der Waals surface area contributed by atoms with Gasteiger partial charge in [-0.15, -0.1) is 0 Å². The largest absolute Gasteiger partial charge is 0.497 e. The predicted molar refractivity (Wildman–Crippen MR) is 79.7 cm³/mol. The van der Waals surface area contributed by atoms with Gasteiger partial charge in [-0.2, -0.15) is 0 Å². The molecule has 0 saturated heterocycles. The number of ether oxygens (including phenoxy) is 1. The Labute approximate surface area is 120 Å². The first-order valence-electron chi connectivity index (χ1n) is 7.32. The second-order valence-electron chi connectivity index (χ2n) is 5.53. The third-order valence-corrected chi connectivity index (χ3v) is 4.07. The zero-order valence-corrected chi connectivity index (χ0v) is 12.4. The summed E-state index contributed by atoms with van der Waals surface area (Å²) in [6.07, 6.45) is 4.43. The average molecular weight is 276 g/mol. The number of amides is 1. The molecule has 0 aliphatic heterocycles. The van der Waals surface area contributed by atoms with Crippen LogP contribution in [0.1, 0.15) is 43.7 Å². The molecule has 1 aromatic carbocycles. The van der Waals surface area contributed by atoms with Crippen LogP contribution < -0.4 is 15.8 Å². The summed E-state index contributed by atoms with van der Waals surface area (Å²) in [5, 5.41) is 3.57. The van der Waals surface area contributed by atoms with E-state index in [4.69, 9.17) is 10.5 Å². The van der Waals surface area contributed by atoms with Gasteiger partial charge >= 0.3 is 0 Å². The lowest BCUT2D eigenvalue weighted by Gasteiger charge is -2.39. The molecule has 3 N–H and O–H groups in total. The van der Waals surface area contributed by atoms with Crippen molar-refractivity contribution in [2.75, 3.05) is 13.7 Å². The first-order chi connectivity index (χ1) is 9.61. The van der Waals surface area contributed by atoms with Crippen molar-refractivity contribution in [3.05, 3.63) is 29.3 Å². The number of methoxy groups -OCH3 is 1. The Balaban J connectivity index is 2.41. The molecule has 0 fully saturated rings. The maximum Gasteiger partial charge on any atom is 0.219 e. The van der Waals surface area contributed by atoms with E-state index in [2.05, 4.69) is 24.4 Å². The van der Waals surface area contributed by atoms with Crippen molar-refractivity contribution in [1.82, 2.24) is 5.32 Å². The van der Waals surface area contributed by atoms with E-state index in [9.17, 15) is 4.79 Å². The molecule has 1 aromatic rings. The molecule has 4 nitrogen and oxygen atoms in total. The molecule has 0 heterocycles. The van der Waals surface area contributed by atoms with Crippen molar-refractivity contribution in [3.8, 4) is 5.75 Å². The number of hydrogen-bond donors (Lipinski definition) is 2. The number of carbonyl (C=O) groups excluding carboxylic acids is 1. The van der Waals surface area contributed by atoms with Crippen molar-refractivity contribution in [1.29, 1.82) is 0 Å². The van der Waals surface area contributed by atoms with Crippen LogP contribution in [0, 0.1) is 0 Å². The van der Waals surface area contributed by atoms with Gasteiger partial charge in [-0.3, -0.25) is 4.79 Å². The third kappa shape index (κ3) is 2.96. The van der Waals surface area contributed by atoms with Gasteiger partial charge in [-0.1, -0.05) is 13.0 Å². The number of fused-ring (bicyclic) bond motifs is 1. The highest BCUT2D eigenvalue weighted by Crippen LogP contribution is 2.39. The summed E-state index contributed by atoms with van der Waals surface area (Å²) in [5.74, 6) is 0.617. The van der Waals surface area contributed by atoms with E-state index in [-0.39, 0.29) is 11.4 Å². The molecule has 0 saturated carbocycles. The summed E-state index contributed by atoms with van der Waals surface area (Å²) in [7, 11) is 1.68. The third-order valence-electron chi connectivity index (χ3n) is 4.07. The minimum Gasteiger partial charge on any atom is -0.497 e. The van der Waals surface area contributed by atoms with E-state index in [1.807, 2.05) is 6.07 Å². The summed E-state index contributed by atoms with van der Waals surface area (Å²) >= 11 is 0. The summed E-state index contributed by atoms with van der Waals surface area (Å²) < 4.78 is 5.30. The Hall–Kier alpha value is -1.55. The van der Waals surface area contributed by atoms with Gasteiger partial charge in [0.1, 0.15) is 5.75 Å². The molecule has 20 heavy (non-hydrogen) atoms. The molecule has 1 atom stereocenters. The normalized spacial score (nSPS) is 21.3. The molecule has 0 bridgehead atoms. The van der Waals surface area contributed by atoms with E-state index >= 15 is 0 Å². The highest BCUT2D eigenvalue weighted by atomic mass is 16.5. The highest BCUT2D eigenvalue weighted by molar-refractivity contribution is 5.75. The van der Waals surface area contributed by atoms with Crippen LogP contribution in [0.15, 0.2) is 18.2 Å². The summed E-state index contributed by atoms with van der Waals surface area (Å²) in [6, 6.07) is 6.13. The standard InChI is InChI=1S/C16H24N2O2/c1-3-9-18-16(11-15(17)19)8-4-5-12-10-13(20-2)6-7-14(12)16/h6-7,10,18H,3-5,8-9,11H2,1-2H3,(H2,17,19). The van der Waals surface area contributed by atoms with Crippen LogP contribution in [0.3, 0.4) is 0 Å². The quantitative estimate of drug-likeness (QED) is 0.836. The first-order valence-corrected chi connectivity index (χ1v) is 7.32. The molecule has 1 aliphatic carbocycles. The van der Waals surface area contributed by atoms with Crippen LogP contribution in [0.4, 0.5) is 0 Å². The molecule has 1 unspecified atom stereocenters. The van der Waals surface area contributed by atoms with Crippen molar-refractivity contribution in [2.24, 2.45) is 5.73 Å². The Morgan fingerprint density at radius 3 is 2.95 bits per heavy atom. The van der Waals surface area contributed by atoms with Gasteiger partial charge < -0.3 is 15.8 Å². The topological polar surface area (TPSA) is 64.3 Å². The van der Waals surface area contributed by atoms with Gasteiger partial charge in [-0.05, 0) is 55.5 Å². The molecule has 2 rings (SSSR count). The van der Waals surface area contributed by atoms with Crippen LogP contribution >= 0.6 is 0 Å². The predicted octanol–water partition coefficient (Wildman–Crippen LogP) is 2.10. The van der Waals surface area contributed by atoms with Gasteiger partial charge in [0.05, 0.1) is 12.6 Å². The van der Waals surface area contributed by atoms with E-state index in [0.29, 0.717) is 6.42 Å². The molecule has 1 aliphatic rings. The summed E-state index contributed by atoms with van der Waals surface area (Å²) in [4.78, 5) is 11.5. The average Bonchev–Trinajstić information content (AvgIpc) is 2.44. The highest BCUT2D eigenvalue weighted by Gasteiger charge is 2.37. The number of hydrogen-bond acceptors (Lipinski definition) is 3. The number of carbonyl (C=O) groups is 1. The van der Waals surface area contributed by atoms with Gasteiger partial charge in [0.2, 0.25) is 5.91 Å². The van der Waals surface area contributed by atoms with Gasteiger partial charge in [0.15, 0.2) is 0 Å². The summed E-state index contributed by atoms with van der Waals surface area (Å²) in [6.45, 7) is 3.02. The maximum atomic E-state index is 11.5. The van der Waals surface area contributed by atoms with Crippen LogP contribution in [0.5, 0.6) is 5.75 Å². The van der Waals surface area contributed by atoms with Crippen molar-refractivity contribution < 1.29 is 9.53 Å². The fourth-order valence-corrected chi connectivity index (χ4v) is 3.18. The van der Waals surface area contributed by atoms with Crippen LogP contribution in [0.2, 0.25) is 0 Å². The SMILES string of the molecule is CCCNC1(CC(N)=O)CCCc2cc(OC)ccc21. The Bertz CT molecular complexity index is 487. The molecular weight excluding hydrogens is 252 g/mol. The van der Waals surface area contributed by atoms with E-state index in [1.54, 1.807) is 7.11 Å².